The molecule has 1 aromatic heterocycles. The lowest BCUT2D eigenvalue weighted by atomic mass is 10.2. The fourth-order valence-electron chi connectivity index (χ4n) is 1.36. The number of hydrogen-bond acceptors (Lipinski definition) is 3. The molecule has 0 radical (unpaired) electrons. The molecule has 84 valence electrons. The number of halogens is 3. The van der Waals surface area contributed by atoms with E-state index in [1.165, 1.54) is 6.07 Å². The number of H-pyrrole nitrogens is 1. The van der Waals surface area contributed by atoms with Gasteiger partial charge in [0, 0.05) is 6.07 Å². The Kier molecular flexibility index (Phi) is 2.61. The van der Waals surface area contributed by atoms with Gasteiger partial charge in [0.05, 0.1) is 20.5 Å². The van der Waals surface area contributed by atoms with E-state index < -0.39 is 16.5 Å². The van der Waals surface area contributed by atoms with Gasteiger partial charge in [0.1, 0.15) is 5.52 Å². The Morgan fingerprint density at radius 3 is 2.50 bits per heavy atom. The molecule has 0 spiro atoms. The van der Waals surface area contributed by atoms with Crippen LogP contribution in [0.3, 0.4) is 0 Å². The maximum absolute atomic E-state index is 10.6. The van der Waals surface area contributed by atoms with E-state index in [9.17, 15) is 15.2 Å². The largest absolute Gasteiger partial charge is 0.501 e. The van der Waals surface area contributed by atoms with Gasteiger partial charge in [0.25, 0.3) is 0 Å². The number of rotatable bonds is 1. The third kappa shape index (κ3) is 1.48. The number of nitrogens with one attached hydrogen (secondary N) is 1. The van der Waals surface area contributed by atoms with Crippen LogP contribution in [0.5, 0.6) is 5.75 Å². The standard InChI is InChI=1S/C8H3Cl3N2O3/c9-2-1-3-4(6(11)5(2)10)7(14)8(12-3)13(15)16/h1,12,14H. The highest BCUT2D eigenvalue weighted by Gasteiger charge is 2.24. The van der Waals surface area contributed by atoms with E-state index >= 15 is 0 Å². The number of hydrogen-bond donors (Lipinski definition) is 2. The molecule has 2 rings (SSSR count). The molecule has 0 atom stereocenters. The van der Waals surface area contributed by atoms with Crippen molar-refractivity contribution >= 4 is 51.5 Å². The summed E-state index contributed by atoms with van der Waals surface area (Å²) in [7, 11) is 0. The summed E-state index contributed by atoms with van der Waals surface area (Å²) in [5.41, 5.74) is 0.253. The van der Waals surface area contributed by atoms with E-state index in [1.807, 2.05) is 0 Å². The van der Waals surface area contributed by atoms with Crippen LogP contribution in [0.25, 0.3) is 10.9 Å². The summed E-state index contributed by atoms with van der Waals surface area (Å²) in [5, 5.41) is 20.4. The molecule has 0 fully saturated rings. The molecule has 0 amide bonds. The van der Waals surface area contributed by atoms with Crippen molar-refractivity contribution in [2.24, 2.45) is 0 Å². The highest BCUT2D eigenvalue weighted by molar-refractivity contribution is 6.50. The van der Waals surface area contributed by atoms with Gasteiger partial charge in [-0.05, 0) is 4.92 Å². The summed E-state index contributed by atoms with van der Waals surface area (Å²) in [4.78, 5) is 12.2. The average Bonchev–Trinajstić information content (AvgIpc) is 2.52. The highest BCUT2D eigenvalue weighted by atomic mass is 35.5. The Balaban J connectivity index is 2.93. The zero-order valence-corrected chi connectivity index (χ0v) is 9.69. The lowest BCUT2D eigenvalue weighted by Gasteiger charge is -1.98. The second-order valence-corrected chi connectivity index (χ2v) is 4.15. The monoisotopic (exact) mass is 280 g/mol. The lowest BCUT2D eigenvalue weighted by Crippen LogP contribution is -1.86. The maximum Gasteiger partial charge on any atom is 0.364 e. The number of benzene rings is 1. The minimum absolute atomic E-state index is 0.0222. The van der Waals surface area contributed by atoms with Crippen LogP contribution in [0.15, 0.2) is 6.07 Å². The normalized spacial score (nSPS) is 10.9. The highest BCUT2D eigenvalue weighted by Crippen LogP contribution is 2.44. The summed E-state index contributed by atoms with van der Waals surface area (Å²) < 4.78 is 0. The second-order valence-electron chi connectivity index (χ2n) is 2.99. The summed E-state index contributed by atoms with van der Waals surface area (Å²) in [6, 6.07) is 1.36. The first-order valence-corrected chi connectivity index (χ1v) is 5.09. The van der Waals surface area contributed by atoms with Gasteiger partial charge in [-0.3, -0.25) is 0 Å². The number of fused-ring (bicyclic) bond motifs is 1. The quantitative estimate of drug-likeness (QED) is 0.475. The van der Waals surface area contributed by atoms with E-state index in [1.54, 1.807) is 0 Å². The second kappa shape index (κ2) is 3.69. The van der Waals surface area contributed by atoms with Crippen LogP contribution in [0.4, 0.5) is 5.82 Å². The first-order chi connectivity index (χ1) is 7.43. The molecular weight excluding hydrogens is 278 g/mol. The van der Waals surface area contributed by atoms with Crippen molar-refractivity contribution in [2.75, 3.05) is 0 Å². The van der Waals surface area contributed by atoms with Gasteiger partial charge in [-0.15, -0.1) is 0 Å². The van der Waals surface area contributed by atoms with Gasteiger partial charge in [0.2, 0.25) is 5.75 Å². The van der Waals surface area contributed by atoms with E-state index in [0.717, 1.165) is 0 Å². The SMILES string of the molecule is O=[N+]([O-])c1[nH]c2cc(Cl)c(Cl)c(Cl)c2c1O. The number of aromatic hydroxyl groups is 1. The average molecular weight is 281 g/mol. The summed E-state index contributed by atoms with van der Waals surface area (Å²) in [6.45, 7) is 0. The molecular formula is C8H3Cl3N2O3. The van der Waals surface area contributed by atoms with Crippen molar-refractivity contribution in [3.8, 4) is 5.75 Å². The van der Waals surface area contributed by atoms with Crippen LogP contribution in [0, 0.1) is 10.1 Å². The molecule has 0 unspecified atom stereocenters. The number of aromatic nitrogens is 1. The topological polar surface area (TPSA) is 79.2 Å². The summed E-state index contributed by atoms with van der Waals surface area (Å²) >= 11 is 17.3. The molecule has 2 aromatic rings. The van der Waals surface area contributed by atoms with Crippen molar-refractivity contribution < 1.29 is 10.0 Å². The van der Waals surface area contributed by atoms with E-state index in [2.05, 4.69) is 4.98 Å². The van der Waals surface area contributed by atoms with Gasteiger partial charge in [-0.1, -0.05) is 34.8 Å². The van der Waals surface area contributed by atoms with Crippen molar-refractivity contribution in [2.45, 2.75) is 0 Å². The van der Waals surface area contributed by atoms with Crippen molar-refractivity contribution in [1.29, 1.82) is 0 Å². The lowest BCUT2D eigenvalue weighted by molar-refractivity contribution is -0.389. The van der Waals surface area contributed by atoms with Crippen molar-refractivity contribution in [1.82, 2.24) is 4.98 Å². The molecule has 0 saturated heterocycles. The Labute approximate surface area is 104 Å². The molecule has 16 heavy (non-hydrogen) atoms. The maximum atomic E-state index is 10.6. The molecule has 2 N–H and O–H groups in total. The van der Waals surface area contributed by atoms with Crippen LogP contribution in [-0.4, -0.2) is 15.0 Å². The third-order valence-corrected chi connectivity index (χ3v) is 3.32. The van der Waals surface area contributed by atoms with Gasteiger partial charge < -0.3 is 15.2 Å². The molecule has 1 heterocycles. The van der Waals surface area contributed by atoms with Crippen LogP contribution in [-0.2, 0) is 0 Å². The molecule has 0 bridgehead atoms. The predicted octanol–water partition coefficient (Wildman–Crippen LogP) is 3.74. The van der Waals surface area contributed by atoms with Crippen LogP contribution in [0.1, 0.15) is 0 Å². The van der Waals surface area contributed by atoms with Crippen molar-refractivity contribution in [3.63, 3.8) is 0 Å². The minimum atomic E-state index is -0.756. The first-order valence-electron chi connectivity index (χ1n) is 3.96. The van der Waals surface area contributed by atoms with Gasteiger partial charge in [0.15, 0.2) is 0 Å². The Morgan fingerprint density at radius 1 is 1.31 bits per heavy atom. The Bertz CT molecular complexity index is 608. The number of aromatic amines is 1. The van der Waals surface area contributed by atoms with E-state index in [4.69, 9.17) is 34.8 Å². The van der Waals surface area contributed by atoms with Gasteiger partial charge >= 0.3 is 5.82 Å². The molecule has 5 nitrogen and oxygen atoms in total. The van der Waals surface area contributed by atoms with E-state index in [0.29, 0.717) is 0 Å². The third-order valence-electron chi connectivity index (χ3n) is 2.06. The van der Waals surface area contributed by atoms with Crippen LogP contribution in [0.2, 0.25) is 15.1 Å². The van der Waals surface area contributed by atoms with Gasteiger partial charge in [-0.25, -0.2) is 4.98 Å². The predicted molar refractivity (Wildman–Crippen MR) is 61.6 cm³/mol. The number of nitrogens with zero attached hydrogens (tertiary/aromatic N) is 1. The fraction of sp³-hybridized carbons (Fsp3) is 0. The van der Waals surface area contributed by atoms with Gasteiger partial charge in [-0.2, -0.15) is 0 Å². The molecule has 0 saturated carbocycles. The first kappa shape index (κ1) is 11.3. The molecule has 0 aliphatic rings. The summed E-state index contributed by atoms with van der Waals surface area (Å²) in [6.07, 6.45) is 0. The molecule has 0 aliphatic heterocycles. The fourth-order valence-corrected chi connectivity index (χ4v) is 2.06. The van der Waals surface area contributed by atoms with E-state index in [-0.39, 0.29) is 26.0 Å². The Morgan fingerprint density at radius 2 is 1.94 bits per heavy atom. The summed E-state index contributed by atoms with van der Waals surface area (Å²) in [5.74, 6) is -1.10. The number of nitro groups is 1. The van der Waals surface area contributed by atoms with Crippen molar-refractivity contribution in [3.05, 3.63) is 31.2 Å². The Hall–Kier alpha value is -1.17. The smallest absolute Gasteiger partial charge is 0.364 e. The zero-order valence-electron chi connectivity index (χ0n) is 7.42. The molecule has 0 aliphatic carbocycles. The van der Waals surface area contributed by atoms with Crippen LogP contribution < -0.4 is 0 Å². The molecule has 8 heteroatoms. The molecule has 1 aromatic carbocycles. The minimum Gasteiger partial charge on any atom is -0.501 e. The zero-order chi connectivity index (χ0) is 12.0. The van der Waals surface area contributed by atoms with Crippen LogP contribution >= 0.6 is 34.8 Å².